The zero-order valence-corrected chi connectivity index (χ0v) is 15.2. The number of amides is 1. The number of imidazole rings is 1. The van der Waals surface area contributed by atoms with Gasteiger partial charge in [-0.1, -0.05) is 11.6 Å². The van der Waals surface area contributed by atoms with Gasteiger partial charge < -0.3 is 19.4 Å². The van der Waals surface area contributed by atoms with Crippen molar-refractivity contribution in [2.75, 3.05) is 25.6 Å². The third-order valence-corrected chi connectivity index (χ3v) is 3.98. The van der Waals surface area contributed by atoms with Gasteiger partial charge in [-0.3, -0.25) is 4.79 Å². The standard InChI is InChI=1S/C19H17ClFN3O3/c1-26-6-7-27-16-9-13(8-15(11-16)24-5-4-22-12-24)19(25)23-14-2-3-18(21)17(20)10-14/h2-5,8-12H,6-7H2,1H3,(H,23,25). The van der Waals surface area contributed by atoms with E-state index in [1.165, 1.54) is 18.2 Å². The Bertz CT molecular complexity index is 932. The lowest BCUT2D eigenvalue weighted by Crippen LogP contribution is -2.13. The summed E-state index contributed by atoms with van der Waals surface area (Å²) < 4.78 is 25.7. The summed E-state index contributed by atoms with van der Waals surface area (Å²) in [5.41, 5.74) is 1.47. The van der Waals surface area contributed by atoms with Crippen molar-refractivity contribution in [1.82, 2.24) is 9.55 Å². The average Bonchev–Trinajstić information content (AvgIpc) is 3.19. The minimum atomic E-state index is -0.550. The highest BCUT2D eigenvalue weighted by atomic mass is 35.5. The number of halogens is 2. The van der Waals surface area contributed by atoms with Crippen LogP contribution in [0.2, 0.25) is 5.02 Å². The van der Waals surface area contributed by atoms with Crippen LogP contribution in [-0.4, -0.2) is 35.8 Å². The number of hydrogen-bond acceptors (Lipinski definition) is 4. The van der Waals surface area contributed by atoms with E-state index in [0.717, 1.165) is 0 Å². The molecule has 1 N–H and O–H groups in total. The molecule has 2 aromatic carbocycles. The number of anilines is 1. The van der Waals surface area contributed by atoms with E-state index >= 15 is 0 Å². The number of aromatic nitrogens is 2. The van der Waals surface area contributed by atoms with Crippen molar-refractivity contribution >= 4 is 23.2 Å². The van der Waals surface area contributed by atoms with Crippen molar-refractivity contribution in [2.45, 2.75) is 0 Å². The fourth-order valence-corrected chi connectivity index (χ4v) is 2.56. The fourth-order valence-electron chi connectivity index (χ4n) is 2.38. The van der Waals surface area contributed by atoms with E-state index in [1.807, 2.05) is 0 Å². The third kappa shape index (κ3) is 4.84. The SMILES string of the molecule is COCCOc1cc(C(=O)Nc2ccc(F)c(Cl)c2)cc(-n2ccnc2)c1. The Morgan fingerprint density at radius 2 is 2.11 bits per heavy atom. The van der Waals surface area contributed by atoms with Crippen molar-refractivity contribution in [1.29, 1.82) is 0 Å². The van der Waals surface area contributed by atoms with Crippen LogP contribution in [0, 0.1) is 5.82 Å². The van der Waals surface area contributed by atoms with Gasteiger partial charge in [0.15, 0.2) is 0 Å². The van der Waals surface area contributed by atoms with E-state index in [9.17, 15) is 9.18 Å². The summed E-state index contributed by atoms with van der Waals surface area (Å²) in [6, 6.07) is 9.10. The largest absolute Gasteiger partial charge is 0.491 e. The highest BCUT2D eigenvalue weighted by Gasteiger charge is 2.12. The molecule has 0 unspecified atom stereocenters. The zero-order valence-electron chi connectivity index (χ0n) is 14.5. The summed E-state index contributed by atoms with van der Waals surface area (Å²) in [5.74, 6) is -0.414. The van der Waals surface area contributed by atoms with Crippen LogP contribution in [0.15, 0.2) is 55.1 Å². The maximum atomic E-state index is 13.3. The summed E-state index contributed by atoms with van der Waals surface area (Å²) in [7, 11) is 1.58. The van der Waals surface area contributed by atoms with Crippen molar-refractivity contribution in [3.05, 3.63) is 71.5 Å². The summed E-state index contributed by atoms with van der Waals surface area (Å²) >= 11 is 5.76. The van der Waals surface area contributed by atoms with Crippen LogP contribution in [0.1, 0.15) is 10.4 Å². The molecule has 6 nitrogen and oxygen atoms in total. The van der Waals surface area contributed by atoms with Crippen molar-refractivity contribution in [3.63, 3.8) is 0 Å². The van der Waals surface area contributed by atoms with E-state index in [1.54, 1.807) is 48.6 Å². The van der Waals surface area contributed by atoms with E-state index < -0.39 is 5.82 Å². The molecule has 3 rings (SSSR count). The van der Waals surface area contributed by atoms with Gasteiger partial charge in [0.2, 0.25) is 0 Å². The smallest absolute Gasteiger partial charge is 0.255 e. The second-order valence-corrected chi connectivity index (χ2v) is 6.02. The molecule has 27 heavy (non-hydrogen) atoms. The lowest BCUT2D eigenvalue weighted by atomic mass is 10.1. The molecule has 1 heterocycles. The van der Waals surface area contributed by atoms with Crippen molar-refractivity contribution < 1.29 is 18.7 Å². The van der Waals surface area contributed by atoms with Crippen LogP contribution >= 0.6 is 11.6 Å². The van der Waals surface area contributed by atoms with E-state index in [4.69, 9.17) is 21.1 Å². The van der Waals surface area contributed by atoms with Gasteiger partial charge in [-0.2, -0.15) is 0 Å². The molecule has 0 saturated heterocycles. The van der Waals surface area contributed by atoms with Crippen LogP contribution in [0.5, 0.6) is 5.75 Å². The number of rotatable bonds is 7. The van der Waals surface area contributed by atoms with Gasteiger partial charge >= 0.3 is 0 Å². The van der Waals surface area contributed by atoms with Crippen molar-refractivity contribution in [2.24, 2.45) is 0 Å². The van der Waals surface area contributed by atoms with E-state index in [-0.39, 0.29) is 10.9 Å². The molecule has 0 aliphatic carbocycles. The summed E-state index contributed by atoms with van der Waals surface area (Å²) in [4.78, 5) is 16.7. The van der Waals surface area contributed by atoms with E-state index in [0.29, 0.717) is 35.9 Å². The molecular weight excluding hydrogens is 373 g/mol. The van der Waals surface area contributed by atoms with Crippen LogP contribution in [0.25, 0.3) is 5.69 Å². The Labute approximate surface area is 160 Å². The highest BCUT2D eigenvalue weighted by Crippen LogP contribution is 2.23. The molecular formula is C19H17ClFN3O3. The minimum absolute atomic E-state index is 0.0662. The second-order valence-electron chi connectivity index (χ2n) is 5.61. The van der Waals surface area contributed by atoms with Gasteiger partial charge in [0, 0.05) is 36.8 Å². The lowest BCUT2D eigenvalue weighted by molar-refractivity contribution is 0.102. The van der Waals surface area contributed by atoms with Gasteiger partial charge in [0.25, 0.3) is 5.91 Å². The highest BCUT2D eigenvalue weighted by molar-refractivity contribution is 6.31. The summed E-state index contributed by atoms with van der Waals surface area (Å²) in [6.45, 7) is 0.767. The Balaban J connectivity index is 1.87. The van der Waals surface area contributed by atoms with E-state index in [2.05, 4.69) is 10.3 Å². The first kappa shape index (κ1) is 18.9. The topological polar surface area (TPSA) is 65.4 Å². The first-order chi connectivity index (χ1) is 13.1. The van der Waals surface area contributed by atoms with Crippen molar-refractivity contribution in [3.8, 4) is 11.4 Å². The van der Waals surface area contributed by atoms with Gasteiger partial charge in [0.05, 0.1) is 23.6 Å². The molecule has 0 atom stereocenters. The number of benzene rings is 2. The number of ether oxygens (including phenoxy) is 2. The van der Waals surface area contributed by atoms with Crippen LogP contribution < -0.4 is 10.1 Å². The molecule has 0 spiro atoms. The molecule has 0 bridgehead atoms. The molecule has 8 heteroatoms. The first-order valence-electron chi connectivity index (χ1n) is 8.08. The Morgan fingerprint density at radius 3 is 2.81 bits per heavy atom. The number of carbonyl (C=O) groups excluding carboxylic acids is 1. The maximum Gasteiger partial charge on any atom is 0.255 e. The quantitative estimate of drug-likeness (QED) is 0.621. The van der Waals surface area contributed by atoms with Gasteiger partial charge in [-0.15, -0.1) is 0 Å². The number of methoxy groups -OCH3 is 1. The average molecular weight is 390 g/mol. The number of hydrogen-bond donors (Lipinski definition) is 1. The number of nitrogens with zero attached hydrogens (tertiary/aromatic N) is 2. The summed E-state index contributed by atoms with van der Waals surface area (Å²) in [6.07, 6.45) is 5.02. The normalized spacial score (nSPS) is 10.6. The molecule has 1 aromatic heterocycles. The molecule has 0 fully saturated rings. The fraction of sp³-hybridized carbons (Fsp3) is 0.158. The number of carbonyl (C=O) groups is 1. The van der Waals surface area contributed by atoms with Crippen LogP contribution in [0.4, 0.5) is 10.1 Å². The van der Waals surface area contributed by atoms with Gasteiger partial charge in [0.1, 0.15) is 18.2 Å². The Hall–Kier alpha value is -2.90. The molecule has 3 aromatic rings. The Kier molecular flexibility index (Phi) is 6.05. The molecule has 0 aliphatic heterocycles. The minimum Gasteiger partial charge on any atom is -0.491 e. The summed E-state index contributed by atoms with van der Waals surface area (Å²) in [5, 5.41) is 2.63. The molecule has 0 saturated carbocycles. The predicted octanol–water partition coefficient (Wildman–Crippen LogP) is 3.94. The Morgan fingerprint density at radius 1 is 1.26 bits per heavy atom. The first-order valence-corrected chi connectivity index (χ1v) is 8.46. The second kappa shape index (κ2) is 8.66. The molecule has 140 valence electrons. The van der Waals surface area contributed by atoms with Gasteiger partial charge in [-0.05, 0) is 30.3 Å². The zero-order chi connectivity index (χ0) is 19.2. The van der Waals surface area contributed by atoms with Crippen LogP contribution in [0.3, 0.4) is 0 Å². The predicted molar refractivity (Wildman–Crippen MR) is 100 cm³/mol. The molecule has 0 aliphatic rings. The maximum absolute atomic E-state index is 13.3. The number of nitrogens with one attached hydrogen (secondary N) is 1. The van der Waals surface area contributed by atoms with Crippen LogP contribution in [-0.2, 0) is 4.74 Å². The monoisotopic (exact) mass is 389 g/mol. The molecule has 0 radical (unpaired) electrons. The molecule has 1 amide bonds. The van der Waals surface area contributed by atoms with Gasteiger partial charge in [-0.25, -0.2) is 9.37 Å². The lowest BCUT2D eigenvalue weighted by Gasteiger charge is -2.12. The third-order valence-electron chi connectivity index (χ3n) is 3.69.